The van der Waals surface area contributed by atoms with Gasteiger partial charge in [0.2, 0.25) is 0 Å². The average Bonchev–Trinajstić information content (AvgIpc) is 2.91. The normalized spacial score (nSPS) is 19.4. The molecule has 94 valence electrons. The molecule has 2 atom stereocenters. The highest BCUT2D eigenvalue weighted by molar-refractivity contribution is 9.10. The lowest BCUT2D eigenvalue weighted by Gasteiger charge is -2.11. The minimum atomic E-state index is -0.569. The molecule has 2 heterocycles. The largest absolute Gasteiger partial charge is 0.490 e. The highest BCUT2D eigenvalue weighted by atomic mass is 79.9. The molecule has 1 aliphatic rings. The molecule has 0 saturated carbocycles. The molecule has 1 aromatic heterocycles. The number of aliphatic hydroxyl groups is 1. The van der Waals surface area contributed by atoms with Crippen molar-refractivity contribution < 1.29 is 9.84 Å². The monoisotopic (exact) mass is 324 g/mol. The first-order valence-corrected chi connectivity index (χ1v) is 7.53. The fourth-order valence-corrected chi connectivity index (χ4v) is 3.86. The number of halogens is 1. The van der Waals surface area contributed by atoms with Crippen LogP contribution >= 0.6 is 27.3 Å². The lowest BCUT2D eigenvalue weighted by Crippen LogP contribution is -2.05. The van der Waals surface area contributed by atoms with Crippen LogP contribution in [-0.4, -0.2) is 11.2 Å². The number of aliphatic hydroxyl groups excluding tert-OH is 1. The smallest absolute Gasteiger partial charge is 0.123 e. The van der Waals surface area contributed by atoms with Crippen LogP contribution in [0.1, 0.15) is 29.0 Å². The van der Waals surface area contributed by atoms with Crippen LogP contribution in [0.3, 0.4) is 0 Å². The van der Waals surface area contributed by atoms with E-state index in [4.69, 9.17) is 4.74 Å². The number of hydrogen-bond donors (Lipinski definition) is 1. The summed E-state index contributed by atoms with van der Waals surface area (Å²) in [5.41, 5.74) is 2.11. The van der Waals surface area contributed by atoms with Gasteiger partial charge in [-0.1, -0.05) is 6.07 Å². The Morgan fingerprint density at radius 3 is 3.00 bits per heavy atom. The fourth-order valence-electron chi connectivity index (χ4n) is 2.26. The van der Waals surface area contributed by atoms with Crippen LogP contribution in [0, 0.1) is 0 Å². The highest BCUT2D eigenvalue weighted by Gasteiger charge is 2.22. The van der Waals surface area contributed by atoms with Gasteiger partial charge in [0.25, 0.3) is 0 Å². The van der Waals surface area contributed by atoms with Crippen molar-refractivity contribution in [2.45, 2.75) is 25.6 Å². The van der Waals surface area contributed by atoms with Gasteiger partial charge in [-0.15, -0.1) is 11.3 Å². The summed E-state index contributed by atoms with van der Waals surface area (Å²) in [7, 11) is 0. The van der Waals surface area contributed by atoms with Gasteiger partial charge >= 0.3 is 0 Å². The van der Waals surface area contributed by atoms with Gasteiger partial charge < -0.3 is 9.84 Å². The van der Waals surface area contributed by atoms with Gasteiger partial charge in [0.15, 0.2) is 0 Å². The molecular formula is C14H13BrO2S. The zero-order valence-electron chi connectivity index (χ0n) is 9.89. The Morgan fingerprint density at radius 2 is 2.28 bits per heavy atom. The van der Waals surface area contributed by atoms with E-state index >= 15 is 0 Å². The lowest BCUT2D eigenvalue weighted by molar-refractivity contribution is 0.223. The summed E-state index contributed by atoms with van der Waals surface area (Å²) in [6.07, 6.45) is 0.586. The summed E-state index contributed by atoms with van der Waals surface area (Å²) in [4.78, 5) is 0.946. The Labute approximate surface area is 118 Å². The number of hydrogen-bond acceptors (Lipinski definition) is 3. The number of benzene rings is 1. The molecule has 4 heteroatoms. The first kappa shape index (κ1) is 12.2. The van der Waals surface area contributed by atoms with E-state index in [2.05, 4.69) is 28.9 Å². The van der Waals surface area contributed by atoms with Crippen molar-refractivity contribution in [3.8, 4) is 5.75 Å². The third kappa shape index (κ3) is 2.09. The highest BCUT2D eigenvalue weighted by Crippen LogP contribution is 2.36. The summed E-state index contributed by atoms with van der Waals surface area (Å²) in [6.45, 7) is 2.06. The maximum Gasteiger partial charge on any atom is 0.123 e. The van der Waals surface area contributed by atoms with E-state index < -0.39 is 6.10 Å². The number of rotatable bonds is 2. The zero-order chi connectivity index (χ0) is 12.7. The standard InChI is InChI=1S/C14H13BrO2S/c1-8-6-10-7-9(2-3-12(10)17-8)13(16)14-11(15)4-5-18-14/h2-5,7-8,13,16H,6H2,1H3. The van der Waals surface area contributed by atoms with Gasteiger partial charge in [0, 0.05) is 10.9 Å². The third-order valence-corrected chi connectivity index (χ3v) is 5.05. The molecule has 3 rings (SSSR count). The van der Waals surface area contributed by atoms with E-state index in [0.29, 0.717) is 0 Å². The summed E-state index contributed by atoms with van der Waals surface area (Å²) >= 11 is 5.02. The number of thiophene rings is 1. The van der Waals surface area contributed by atoms with E-state index in [1.165, 1.54) is 5.56 Å². The topological polar surface area (TPSA) is 29.5 Å². The van der Waals surface area contributed by atoms with Crippen molar-refractivity contribution in [1.29, 1.82) is 0 Å². The van der Waals surface area contributed by atoms with Gasteiger partial charge in [0.1, 0.15) is 18.0 Å². The van der Waals surface area contributed by atoms with Gasteiger partial charge in [-0.3, -0.25) is 0 Å². The molecule has 0 bridgehead atoms. The molecule has 2 nitrogen and oxygen atoms in total. The van der Waals surface area contributed by atoms with E-state index in [1.807, 2.05) is 23.6 Å². The second-order valence-electron chi connectivity index (χ2n) is 4.54. The van der Waals surface area contributed by atoms with Crippen molar-refractivity contribution in [1.82, 2.24) is 0 Å². The maximum atomic E-state index is 10.4. The molecule has 18 heavy (non-hydrogen) atoms. The number of ether oxygens (including phenoxy) is 1. The Kier molecular flexibility index (Phi) is 3.18. The Hall–Kier alpha value is -0.840. The van der Waals surface area contributed by atoms with E-state index in [1.54, 1.807) is 11.3 Å². The van der Waals surface area contributed by atoms with Crippen LogP contribution in [0.15, 0.2) is 34.1 Å². The Balaban J connectivity index is 1.94. The molecule has 0 spiro atoms. The summed E-state index contributed by atoms with van der Waals surface area (Å²) in [5, 5.41) is 12.4. The van der Waals surface area contributed by atoms with E-state index in [9.17, 15) is 5.11 Å². The summed E-state index contributed by atoms with van der Waals surface area (Å²) < 4.78 is 6.63. The first-order chi connectivity index (χ1) is 8.65. The van der Waals surface area contributed by atoms with Crippen LogP contribution in [-0.2, 0) is 6.42 Å². The molecule has 2 unspecified atom stereocenters. The van der Waals surface area contributed by atoms with Gasteiger partial charge in [-0.25, -0.2) is 0 Å². The molecule has 1 aliphatic heterocycles. The van der Waals surface area contributed by atoms with Crippen molar-refractivity contribution in [3.63, 3.8) is 0 Å². The lowest BCUT2D eigenvalue weighted by atomic mass is 10.0. The van der Waals surface area contributed by atoms with Gasteiger partial charge in [0.05, 0.1) is 4.88 Å². The minimum Gasteiger partial charge on any atom is -0.490 e. The molecule has 0 fully saturated rings. The summed E-state index contributed by atoms with van der Waals surface area (Å²) in [6, 6.07) is 7.91. The molecular weight excluding hydrogens is 312 g/mol. The molecule has 0 saturated heterocycles. The molecule has 2 aromatic rings. The minimum absolute atomic E-state index is 0.237. The number of fused-ring (bicyclic) bond motifs is 1. The fraction of sp³-hybridized carbons (Fsp3) is 0.286. The van der Waals surface area contributed by atoms with Crippen LogP contribution in [0.5, 0.6) is 5.75 Å². The molecule has 0 amide bonds. The van der Waals surface area contributed by atoms with E-state index in [-0.39, 0.29) is 6.10 Å². The predicted octanol–water partition coefficient (Wildman–Crippen LogP) is 3.92. The summed E-state index contributed by atoms with van der Waals surface area (Å²) in [5.74, 6) is 0.948. The molecule has 1 N–H and O–H groups in total. The SMILES string of the molecule is CC1Cc2cc(C(O)c3sccc3Br)ccc2O1. The van der Waals surface area contributed by atoms with E-state index in [0.717, 1.165) is 27.1 Å². The van der Waals surface area contributed by atoms with Crippen LogP contribution in [0.25, 0.3) is 0 Å². The quantitative estimate of drug-likeness (QED) is 0.907. The van der Waals surface area contributed by atoms with Crippen molar-refractivity contribution in [3.05, 3.63) is 50.1 Å². The third-order valence-electron chi connectivity index (χ3n) is 3.13. The molecule has 0 radical (unpaired) electrons. The van der Waals surface area contributed by atoms with Crippen molar-refractivity contribution in [2.75, 3.05) is 0 Å². The van der Waals surface area contributed by atoms with Crippen LogP contribution < -0.4 is 4.74 Å². The Bertz CT molecular complexity index is 579. The maximum absolute atomic E-state index is 10.4. The second kappa shape index (κ2) is 4.68. The Morgan fingerprint density at radius 1 is 1.44 bits per heavy atom. The molecule has 1 aromatic carbocycles. The zero-order valence-corrected chi connectivity index (χ0v) is 12.3. The van der Waals surface area contributed by atoms with Gasteiger partial charge in [-0.05, 0) is 57.6 Å². The molecule has 0 aliphatic carbocycles. The van der Waals surface area contributed by atoms with Crippen molar-refractivity contribution in [2.24, 2.45) is 0 Å². The first-order valence-electron chi connectivity index (χ1n) is 5.85. The van der Waals surface area contributed by atoms with Crippen LogP contribution in [0.4, 0.5) is 0 Å². The second-order valence-corrected chi connectivity index (χ2v) is 6.34. The van der Waals surface area contributed by atoms with Crippen LogP contribution in [0.2, 0.25) is 0 Å². The predicted molar refractivity (Wildman–Crippen MR) is 76.3 cm³/mol. The average molecular weight is 325 g/mol. The van der Waals surface area contributed by atoms with Gasteiger partial charge in [-0.2, -0.15) is 0 Å². The van der Waals surface area contributed by atoms with Crippen molar-refractivity contribution >= 4 is 27.3 Å².